The molecular formula is C26H33FN2O5S. The van der Waals surface area contributed by atoms with Crippen LogP contribution in [0.5, 0.6) is 0 Å². The minimum absolute atomic E-state index is 0.000795. The van der Waals surface area contributed by atoms with Gasteiger partial charge in [-0.3, -0.25) is 9.10 Å². The molecular weight excluding hydrogens is 471 g/mol. The molecule has 0 amide bonds. The number of halogens is 1. The number of carbonyl (C=O) groups is 1. The minimum atomic E-state index is -3.55. The number of anilines is 1. The summed E-state index contributed by atoms with van der Waals surface area (Å²) in [6.45, 7) is 5.61. The van der Waals surface area contributed by atoms with Crippen LogP contribution in [0.1, 0.15) is 62.8 Å². The maximum Gasteiger partial charge on any atom is 0.233 e. The largest absolute Gasteiger partial charge is 0.393 e. The first-order valence-electron chi connectivity index (χ1n) is 11.7. The highest BCUT2D eigenvalue weighted by molar-refractivity contribution is 7.92. The molecule has 0 spiro atoms. The molecule has 35 heavy (non-hydrogen) atoms. The summed E-state index contributed by atoms with van der Waals surface area (Å²) >= 11 is 0. The van der Waals surface area contributed by atoms with Crippen LogP contribution in [0.2, 0.25) is 0 Å². The molecule has 0 aliphatic carbocycles. The lowest BCUT2D eigenvalue weighted by Crippen LogP contribution is -2.36. The fourth-order valence-corrected chi connectivity index (χ4v) is 5.38. The lowest BCUT2D eigenvalue weighted by molar-refractivity contribution is -0.119. The summed E-state index contributed by atoms with van der Waals surface area (Å²) < 4.78 is 40.2. The van der Waals surface area contributed by atoms with E-state index in [1.165, 1.54) is 23.4 Å². The molecule has 190 valence electrons. The van der Waals surface area contributed by atoms with Crippen molar-refractivity contribution in [3.05, 3.63) is 53.0 Å². The van der Waals surface area contributed by atoms with Crippen LogP contribution in [0.25, 0.3) is 17.2 Å². The number of hydrogen-bond acceptors (Lipinski definition) is 6. The lowest BCUT2D eigenvalue weighted by Gasteiger charge is -2.32. The third-order valence-electron chi connectivity index (χ3n) is 5.97. The van der Waals surface area contributed by atoms with Gasteiger partial charge >= 0.3 is 0 Å². The van der Waals surface area contributed by atoms with E-state index >= 15 is 0 Å². The number of rotatable bonds is 9. The number of aliphatic hydroxyl groups is 2. The van der Waals surface area contributed by atoms with Crippen LogP contribution in [0.3, 0.4) is 0 Å². The molecule has 1 aliphatic rings. The van der Waals surface area contributed by atoms with Crippen molar-refractivity contribution in [2.45, 2.75) is 64.6 Å². The third-order valence-corrected chi connectivity index (χ3v) is 7.13. The zero-order valence-corrected chi connectivity index (χ0v) is 21.3. The molecule has 0 bridgehead atoms. The van der Waals surface area contributed by atoms with E-state index in [4.69, 9.17) is 4.98 Å². The van der Waals surface area contributed by atoms with Crippen molar-refractivity contribution in [1.82, 2.24) is 4.98 Å². The van der Waals surface area contributed by atoms with E-state index in [2.05, 4.69) is 0 Å². The van der Waals surface area contributed by atoms with E-state index in [-0.39, 0.29) is 30.4 Å². The Morgan fingerprint density at radius 3 is 2.46 bits per heavy atom. The van der Waals surface area contributed by atoms with Gasteiger partial charge in [0.2, 0.25) is 10.0 Å². The maximum absolute atomic E-state index is 13.7. The monoisotopic (exact) mass is 504 g/mol. The molecule has 2 heterocycles. The number of carbonyl (C=O) groups excluding carboxylic acids is 1. The number of benzene rings is 1. The predicted octanol–water partition coefficient (Wildman–Crippen LogP) is 3.83. The highest BCUT2D eigenvalue weighted by atomic mass is 32.2. The van der Waals surface area contributed by atoms with Gasteiger partial charge in [-0.25, -0.2) is 17.8 Å². The van der Waals surface area contributed by atoms with Crippen LogP contribution < -0.4 is 4.31 Å². The second-order valence-corrected chi connectivity index (χ2v) is 11.3. The van der Waals surface area contributed by atoms with Crippen LogP contribution in [-0.4, -0.2) is 54.4 Å². The van der Waals surface area contributed by atoms with Crippen LogP contribution >= 0.6 is 0 Å². The zero-order chi connectivity index (χ0) is 25.9. The molecule has 9 heteroatoms. The summed E-state index contributed by atoms with van der Waals surface area (Å²) in [5.41, 5.74) is 3.57. The summed E-state index contributed by atoms with van der Waals surface area (Å²) in [6.07, 6.45) is 3.64. The van der Waals surface area contributed by atoms with E-state index in [9.17, 15) is 27.8 Å². The van der Waals surface area contributed by atoms with Gasteiger partial charge in [-0.1, -0.05) is 38.1 Å². The average Bonchev–Trinajstić information content (AvgIpc) is 2.75. The molecule has 0 radical (unpaired) electrons. The summed E-state index contributed by atoms with van der Waals surface area (Å²) in [5.74, 6) is -0.242. The van der Waals surface area contributed by atoms with Gasteiger partial charge in [0.25, 0.3) is 0 Å². The Morgan fingerprint density at radius 2 is 1.89 bits per heavy atom. The van der Waals surface area contributed by atoms with Gasteiger partial charge in [-0.2, -0.15) is 0 Å². The van der Waals surface area contributed by atoms with Crippen LogP contribution in [0.4, 0.5) is 10.2 Å². The van der Waals surface area contributed by atoms with Crippen molar-refractivity contribution >= 4 is 27.7 Å². The Kier molecular flexibility index (Phi) is 8.46. The molecule has 0 saturated carbocycles. The lowest BCUT2D eigenvalue weighted by atomic mass is 9.87. The molecule has 2 aromatic rings. The Morgan fingerprint density at radius 1 is 1.23 bits per heavy atom. The topological polar surface area (TPSA) is 108 Å². The van der Waals surface area contributed by atoms with Gasteiger partial charge in [0.1, 0.15) is 17.4 Å². The van der Waals surface area contributed by atoms with Crippen molar-refractivity contribution < 1.29 is 27.8 Å². The molecule has 7 nitrogen and oxygen atoms in total. The number of aliphatic hydroxyl groups excluding tert-OH is 2. The number of nitrogens with zero attached hydrogens (tertiary/aromatic N) is 2. The Hall–Kier alpha value is -2.62. The maximum atomic E-state index is 13.7. The predicted molar refractivity (Wildman–Crippen MR) is 135 cm³/mol. The molecule has 1 aromatic carbocycles. The van der Waals surface area contributed by atoms with Gasteiger partial charge in [0.05, 0.1) is 24.2 Å². The molecule has 2 atom stereocenters. The molecule has 3 rings (SSSR count). The number of pyridine rings is 1. The fraction of sp³-hybridized carbons (Fsp3) is 0.462. The third kappa shape index (κ3) is 6.54. The number of sulfonamides is 1. The highest BCUT2D eigenvalue weighted by Gasteiger charge is 2.31. The SMILES string of the molecule is CC(=O)C[C@H](O)C[C@H](O)/C=C/c1c(C(C)C)nc2c(c1-c1ccc(F)cc1)CCCN2S(C)(=O)=O. The van der Waals surface area contributed by atoms with Crippen molar-refractivity contribution in [2.24, 2.45) is 0 Å². The number of fused-ring (bicyclic) bond motifs is 1. The van der Waals surface area contributed by atoms with Crippen molar-refractivity contribution in [3.8, 4) is 11.1 Å². The highest BCUT2D eigenvalue weighted by Crippen LogP contribution is 2.41. The first kappa shape index (κ1) is 27.0. The molecule has 0 unspecified atom stereocenters. The fourth-order valence-electron chi connectivity index (χ4n) is 4.45. The average molecular weight is 505 g/mol. The van der Waals surface area contributed by atoms with Gasteiger partial charge in [-0.15, -0.1) is 0 Å². The normalized spacial score (nSPS) is 15.9. The van der Waals surface area contributed by atoms with Gasteiger partial charge in [0.15, 0.2) is 0 Å². The van der Waals surface area contributed by atoms with E-state index < -0.39 is 22.2 Å². The van der Waals surface area contributed by atoms with Gasteiger partial charge in [0, 0.05) is 30.5 Å². The first-order valence-corrected chi connectivity index (χ1v) is 13.6. The van der Waals surface area contributed by atoms with Crippen LogP contribution in [0.15, 0.2) is 30.3 Å². The van der Waals surface area contributed by atoms with E-state index in [1.807, 2.05) is 13.8 Å². The summed E-state index contributed by atoms with van der Waals surface area (Å²) in [6, 6.07) is 6.02. The second kappa shape index (κ2) is 11.0. The molecule has 0 saturated heterocycles. The quantitative estimate of drug-likeness (QED) is 0.538. The second-order valence-electron chi connectivity index (χ2n) is 9.41. The summed E-state index contributed by atoms with van der Waals surface area (Å²) in [4.78, 5) is 16.0. The summed E-state index contributed by atoms with van der Waals surface area (Å²) in [7, 11) is -3.55. The van der Waals surface area contributed by atoms with Crippen molar-refractivity contribution in [2.75, 3.05) is 17.1 Å². The summed E-state index contributed by atoms with van der Waals surface area (Å²) in [5, 5.41) is 20.5. The number of hydrogen-bond donors (Lipinski definition) is 2. The van der Waals surface area contributed by atoms with E-state index in [1.54, 1.807) is 24.3 Å². The molecule has 2 N–H and O–H groups in total. The number of Topliss-reactive ketones (excluding diaryl/α,β-unsaturated/α-hetero) is 1. The Bertz CT molecular complexity index is 1210. The van der Waals surface area contributed by atoms with Crippen LogP contribution in [-0.2, 0) is 21.2 Å². The smallest absolute Gasteiger partial charge is 0.233 e. The van der Waals surface area contributed by atoms with E-state index in [0.29, 0.717) is 42.0 Å². The van der Waals surface area contributed by atoms with Gasteiger partial charge in [-0.05, 0) is 48.9 Å². The molecule has 0 fully saturated rings. The number of ketones is 1. The van der Waals surface area contributed by atoms with Crippen LogP contribution in [0, 0.1) is 5.82 Å². The molecule has 1 aromatic heterocycles. The zero-order valence-electron chi connectivity index (χ0n) is 20.5. The Labute approximate surface area is 206 Å². The van der Waals surface area contributed by atoms with Crippen molar-refractivity contribution in [1.29, 1.82) is 0 Å². The van der Waals surface area contributed by atoms with Crippen molar-refractivity contribution in [3.63, 3.8) is 0 Å². The first-order chi connectivity index (χ1) is 16.4. The van der Waals surface area contributed by atoms with E-state index in [0.717, 1.165) is 17.4 Å². The minimum Gasteiger partial charge on any atom is -0.393 e. The Balaban J connectivity index is 2.20. The van der Waals surface area contributed by atoms with Gasteiger partial charge < -0.3 is 10.2 Å². The molecule has 1 aliphatic heterocycles. The number of aromatic nitrogens is 1. The standard InChI is InChI=1S/C26H33FN2O5S/c1-16(2)25-22(12-11-20(31)15-21(32)14-17(3)30)24(18-7-9-19(27)10-8-18)23-6-5-13-29(26(23)28-25)35(4,33)34/h7-12,16,20-21,31-32H,5-6,13-15H2,1-4H3/b12-11+/t20-,21+/m1/s1.